The van der Waals surface area contributed by atoms with E-state index in [0.717, 1.165) is 11.1 Å². The SMILES string of the molecule is COc1cc(C2c3cc4c(cc3CC3COC(O)C32)OCO4)c([N+](=O)[O-])cc1OC. The summed E-state index contributed by atoms with van der Waals surface area (Å²) >= 11 is 0. The van der Waals surface area contributed by atoms with Gasteiger partial charge in [0.05, 0.1) is 31.8 Å². The fourth-order valence-corrected chi connectivity index (χ4v) is 4.93. The lowest BCUT2D eigenvalue weighted by molar-refractivity contribution is -0.385. The Morgan fingerprint density at radius 1 is 1.07 bits per heavy atom. The van der Waals surface area contributed by atoms with Crippen molar-refractivity contribution in [2.75, 3.05) is 27.6 Å². The van der Waals surface area contributed by atoms with Crippen LogP contribution in [0.3, 0.4) is 0 Å². The van der Waals surface area contributed by atoms with Crippen LogP contribution in [0.15, 0.2) is 24.3 Å². The van der Waals surface area contributed by atoms with Crippen LogP contribution in [0.5, 0.6) is 23.0 Å². The van der Waals surface area contributed by atoms with Gasteiger partial charge in [0.15, 0.2) is 29.3 Å². The van der Waals surface area contributed by atoms with Gasteiger partial charge in [0.1, 0.15) is 0 Å². The maximum Gasteiger partial charge on any atom is 0.277 e. The zero-order valence-electron chi connectivity index (χ0n) is 16.5. The van der Waals surface area contributed by atoms with Gasteiger partial charge in [0, 0.05) is 17.4 Å². The third-order valence-electron chi connectivity index (χ3n) is 6.26. The Balaban J connectivity index is 1.75. The van der Waals surface area contributed by atoms with Crippen LogP contribution in [-0.4, -0.2) is 43.9 Å². The quantitative estimate of drug-likeness (QED) is 0.600. The van der Waals surface area contributed by atoms with E-state index < -0.39 is 17.1 Å². The van der Waals surface area contributed by atoms with Gasteiger partial charge in [-0.05, 0) is 41.7 Å². The molecule has 1 aliphatic carbocycles. The first-order chi connectivity index (χ1) is 14.5. The van der Waals surface area contributed by atoms with E-state index in [0.29, 0.717) is 35.8 Å². The summed E-state index contributed by atoms with van der Waals surface area (Å²) in [5.41, 5.74) is 2.21. The van der Waals surface area contributed by atoms with Crippen molar-refractivity contribution in [3.63, 3.8) is 0 Å². The summed E-state index contributed by atoms with van der Waals surface area (Å²) < 4.78 is 27.3. The smallest absolute Gasteiger partial charge is 0.277 e. The third-order valence-corrected chi connectivity index (χ3v) is 6.26. The molecule has 0 amide bonds. The second-order valence-corrected chi connectivity index (χ2v) is 7.67. The molecule has 0 spiro atoms. The lowest BCUT2D eigenvalue weighted by atomic mass is 9.67. The minimum absolute atomic E-state index is 0.0190. The normalized spacial score (nSPS) is 26.1. The summed E-state index contributed by atoms with van der Waals surface area (Å²) in [5, 5.41) is 22.6. The predicted octanol–water partition coefficient (Wildman–Crippen LogP) is 2.61. The van der Waals surface area contributed by atoms with Crippen LogP contribution < -0.4 is 18.9 Å². The molecule has 9 heteroatoms. The molecule has 2 aromatic carbocycles. The molecule has 1 N–H and O–H groups in total. The number of benzene rings is 2. The number of ether oxygens (including phenoxy) is 5. The van der Waals surface area contributed by atoms with Crippen molar-refractivity contribution in [2.45, 2.75) is 18.6 Å². The Morgan fingerprint density at radius 3 is 2.47 bits per heavy atom. The molecule has 158 valence electrons. The monoisotopic (exact) mass is 415 g/mol. The fraction of sp³-hybridized carbons (Fsp3) is 0.429. The molecule has 9 nitrogen and oxygen atoms in total. The molecule has 0 radical (unpaired) electrons. The van der Waals surface area contributed by atoms with E-state index in [1.54, 1.807) is 6.07 Å². The molecular weight excluding hydrogens is 394 g/mol. The van der Waals surface area contributed by atoms with E-state index in [-0.39, 0.29) is 30.1 Å². The molecule has 1 fully saturated rings. The summed E-state index contributed by atoms with van der Waals surface area (Å²) in [7, 11) is 2.92. The number of hydrogen-bond donors (Lipinski definition) is 1. The summed E-state index contributed by atoms with van der Waals surface area (Å²) in [4.78, 5) is 11.5. The van der Waals surface area contributed by atoms with Crippen molar-refractivity contribution in [2.24, 2.45) is 11.8 Å². The van der Waals surface area contributed by atoms with Crippen molar-refractivity contribution < 1.29 is 33.7 Å². The van der Waals surface area contributed by atoms with E-state index >= 15 is 0 Å². The molecule has 0 bridgehead atoms. The molecule has 2 aliphatic heterocycles. The van der Waals surface area contributed by atoms with Crippen LogP contribution in [0.4, 0.5) is 5.69 Å². The summed E-state index contributed by atoms with van der Waals surface area (Å²) in [6.07, 6.45) is -0.336. The number of hydrogen-bond acceptors (Lipinski definition) is 8. The minimum Gasteiger partial charge on any atom is -0.493 e. The Kier molecular flexibility index (Phi) is 4.44. The number of nitrogens with zero attached hydrogens (tertiary/aromatic N) is 1. The molecule has 2 aromatic rings. The third kappa shape index (κ3) is 2.77. The highest BCUT2D eigenvalue weighted by atomic mass is 16.7. The summed E-state index contributed by atoms with van der Waals surface area (Å²) in [6, 6.07) is 6.79. The highest BCUT2D eigenvalue weighted by Gasteiger charge is 2.49. The van der Waals surface area contributed by atoms with Gasteiger partial charge in [-0.15, -0.1) is 0 Å². The first-order valence-corrected chi connectivity index (χ1v) is 9.64. The van der Waals surface area contributed by atoms with E-state index in [4.69, 9.17) is 23.7 Å². The summed E-state index contributed by atoms with van der Waals surface area (Å²) in [6.45, 7) is 0.523. The van der Waals surface area contributed by atoms with Crippen molar-refractivity contribution in [3.8, 4) is 23.0 Å². The van der Waals surface area contributed by atoms with E-state index in [1.165, 1.54) is 20.3 Å². The molecule has 4 unspecified atom stereocenters. The number of nitro groups is 1. The van der Waals surface area contributed by atoms with Crippen molar-refractivity contribution in [1.82, 2.24) is 0 Å². The zero-order valence-corrected chi connectivity index (χ0v) is 16.5. The summed E-state index contributed by atoms with van der Waals surface area (Å²) in [5.74, 6) is 1.11. The molecular formula is C21H21NO8. The average Bonchev–Trinajstić information content (AvgIpc) is 3.35. The van der Waals surface area contributed by atoms with Crippen LogP contribution in [0.25, 0.3) is 0 Å². The van der Waals surface area contributed by atoms with Crippen LogP contribution in [0, 0.1) is 22.0 Å². The lowest BCUT2D eigenvalue weighted by Gasteiger charge is -2.36. The fourth-order valence-electron chi connectivity index (χ4n) is 4.93. The van der Waals surface area contributed by atoms with Crippen LogP contribution in [-0.2, 0) is 11.2 Å². The number of rotatable bonds is 4. The molecule has 30 heavy (non-hydrogen) atoms. The zero-order chi connectivity index (χ0) is 21.0. The van der Waals surface area contributed by atoms with Gasteiger partial charge in [-0.1, -0.05) is 0 Å². The van der Waals surface area contributed by atoms with Gasteiger partial charge in [0.2, 0.25) is 6.79 Å². The Labute approximate surface area is 172 Å². The second-order valence-electron chi connectivity index (χ2n) is 7.67. The van der Waals surface area contributed by atoms with E-state index in [2.05, 4.69) is 0 Å². The van der Waals surface area contributed by atoms with E-state index in [1.807, 2.05) is 12.1 Å². The van der Waals surface area contributed by atoms with Crippen LogP contribution in [0.2, 0.25) is 0 Å². The number of aliphatic hydroxyl groups excluding tert-OH is 1. The van der Waals surface area contributed by atoms with Crippen molar-refractivity contribution in [1.29, 1.82) is 0 Å². The molecule has 4 atom stereocenters. The number of fused-ring (bicyclic) bond motifs is 3. The van der Waals surface area contributed by atoms with Gasteiger partial charge in [-0.25, -0.2) is 0 Å². The predicted molar refractivity (Wildman–Crippen MR) is 103 cm³/mol. The van der Waals surface area contributed by atoms with Gasteiger partial charge >= 0.3 is 0 Å². The average molecular weight is 415 g/mol. The highest BCUT2D eigenvalue weighted by molar-refractivity contribution is 5.61. The van der Waals surface area contributed by atoms with Crippen LogP contribution >= 0.6 is 0 Å². The molecule has 0 saturated carbocycles. The van der Waals surface area contributed by atoms with E-state index in [9.17, 15) is 15.2 Å². The molecule has 5 rings (SSSR count). The first-order valence-electron chi connectivity index (χ1n) is 9.64. The molecule has 1 saturated heterocycles. The molecule has 3 aliphatic rings. The first kappa shape index (κ1) is 19.0. The number of methoxy groups -OCH3 is 2. The highest BCUT2D eigenvalue weighted by Crippen LogP contribution is 2.54. The topological polar surface area (TPSA) is 110 Å². The standard InChI is InChI=1S/C21H21NO8/c1-26-15-6-13(14(22(24)25)7-16(15)27-2)20-12-5-18-17(29-9-30-18)4-10(12)3-11-8-28-21(23)19(11)20/h4-7,11,19-21,23H,3,8-9H2,1-2H3. The Hall–Kier alpha value is -3.04. The van der Waals surface area contributed by atoms with Gasteiger partial charge < -0.3 is 28.8 Å². The second kappa shape index (κ2) is 7.03. The van der Waals surface area contributed by atoms with Crippen molar-refractivity contribution >= 4 is 5.69 Å². The molecule has 0 aromatic heterocycles. The van der Waals surface area contributed by atoms with Crippen molar-refractivity contribution in [3.05, 3.63) is 51.1 Å². The molecule has 2 heterocycles. The van der Waals surface area contributed by atoms with Gasteiger partial charge in [0.25, 0.3) is 5.69 Å². The Morgan fingerprint density at radius 2 is 1.77 bits per heavy atom. The Bertz CT molecular complexity index is 1020. The number of nitro benzene ring substituents is 1. The number of aliphatic hydroxyl groups is 1. The van der Waals surface area contributed by atoms with Gasteiger partial charge in [-0.3, -0.25) is 10.1 Å². The maximum absolute atomic E-state index is 12.0. The van der Waals surface area contributed by atoms with Crippen LogP contribution in [0.1, 0.15) is 22.6 Å². The minimum atomic E-state index is -1.02. The van der Waals surface area contributed by atoms with Gasteiger partial charge in [-0.2, -0.15) is 0 Å². The lowest BCUT2D eigenvalue weighted by Crippen LogP contribution is -2.33. The maximum atomic E-state index is 12.0. The largest absolute Gasteiger partial charge is 0.493 e.